The number of rotatable bonds is 3. The number of nitrogens with zero attached hydrogens (tertiary/aromatic N) is 3. The number of carbonyl (C=O) groups is 1. The summed E-state index contributed by atoms with van der Waals surface area (Å²) >= 11 is 0. The maximum absolute atomic E-state index is 12.6. The number of hydrogen-bond acceptors (Lipinski definition) is 3. The first-order valence-electron chi connectivity index (χ1n) is 7.95. The molecule has 2 heterocycles. The number of hydrogen-bond donors (Lipinski definition) is 0. The normalized spacial score (nSPS) is 25.9. The van der Waals surface area contributed by atoms with Gasteiger partial charge in [-0.05, 0) is 52.0 Å². The molecule has 1 aliphatic carbocycles. The van der Waals surface area contributed by atoms with Crippen LogP contribution in [0.1, 0.15) is 57.6 Å². The van der Waals surface area contributed by atoms with Crippen LogP contribution in [0.3, 0.4) is 0 Å². The number of aromatic nitrogens is 2. The largest absolute Gasteiger partial charge is 0.336 e. The van der Waals surface area contributed by atoms with E-state index in [1.165, 1.54) is 17.2 Å². The van der Waals surface area contributed by atoms with Crippen molar-refractivity contribution < 1.29 is 4.79 Å². The molecule has 0 aromatic carbocycles. The van der Waals surface area contributed by atoms with Crippen molar-refractivity contribution in [2.45, 2.75) is 70.5 Å². The van der Waals surface area contributed by atoms with Gasteiger partial charge in [0.25, 0.3) is 5.56 Å². The van der Waals surface area contributed by atoms with Gasteiger partial charge in [-0.15, -0.1) is 0 Å². The first kappa shape index (κ1) is 14.3. The van der Waals surface area contributed by atoms with Crippen LogP contribution in [0.25, 0.3) is 0 Å². The molecule has 5 nitrogen and oxygen atoms in total. The van der Waals surface area contributed by atoms with E-state index in [2.05, 4.69) is 18.9 Å². The maximum Gasteiger partial charge on any atom is 0.267 e. The fourth-order valence-electron chi connectivity index (χ4n) is 3.30. The average Bonchev–Trinajstić information content (AvgIpc) is 3.25. The minimum atomic E-state index is -0.190. The lowest BCUT2D eigenvalue weighted by molar-refractivity contribution is -0.138. The second-order valence-electron chi connectivity index (χ2n) is 6.46. The summed E-state index contributed by atoms with van der Waals surface area (Å²) in [4.78, 5) is 26.4. The fraction of sp³-hybridized carbons (Fsp3) is 0.688. The zero-order valence-electron chi connectivity index (χ0n) is 12.8. The van der Waals surface area contributed by atoms with E-state index < -0.39 is 0 Å². The summed E-state index contributed by atoms with van der Waals surface area (Å²) in [5, 5.41) is 4.38. The van der Waals surface area contributed by atoms with Gasteiger partial charge in [-0.1, -0.05) is 0 Å². The van der Waals surface area contributed by atoms with E-state index in [4.69, 9.17) is 0 Å². The van der Waals surface area contributed by atoms with Crippen molar-refractivity contribution in [3.8, 4) is 0 Å². The Hall–Kier alpha value is -1.65. The Morgan fingerprint density at radius 3 is 2.48 bits per heavy atom. The van der Waals surface area contributed by atoms with Crippen LogP contribution in [0.4, 0.5) is 0 Å². The Bertz CT molecular complexity index is 581. The van der Waals surface area contributed by atoms with Crippen LogP contribution in [-0.2, 0) is 11.3 Å². The molecule has 1 aliphatic heterocycles. The molecular weight excluding hydrogens is 266 g/mol. The number of piperidine rings is 1. The molecule has 1 aromatic heterocycles. The van der Waals surface area contributed by atoms with E-state index in [9.17, 15) is 9.59 Å². The Labute approximate surface area is 124 Å². The molecule has 2 aliphatic rings. The smallest absolute Gasteiger partial charge is 0.267 e. The minimum absolute atomic E-state index is 0.0113. The third kappa shape index (κ3) is 3.01. The summed E-state index contributed by atoms with van der Waals surface area (Å²) < 4.78 is 1.34. The van der Waals surface area contributed by atoms with Gasteiger partial charge in [-0.25, -0.2) is 4.68 Å². The van der Waals surface area contributed by atoms with Crippen LogP contribution in [0.2, 0.25) is 0 Å². The molecule has 0 spiro atoms. The molecule has 114 valence electrons. The van der Waals surface area contributed by atoms with E-state index in [-0.39, 0.29) is 30.1 Å². The van der Waals surface area contributed by atoms with Crippen molar-refractivity contribution in [1.82, 2.24) is 14.7 Å². The highest BCUT2D eigenvalue weighted by Crippen LogP contribution is 2.38. The summed E-state index contributed by atoms with van der Waals surface area (Å²) in [6.45, 7) is 4.24. The second-order valence-corrected chi connectivity index (χ2v) is 6.46. The Morgan fingerprint density at radius 1 is 1.19 bits per heavy atom. The molecule has 1 aromatic rings. The van der Waals surface area contributed by atoms with Crippen LogP contribution in [-0.4, -0.2) is 32.7 Å². The highest BCUT2D eigenvalue weighted by Gasteiger charge is 2.30. The topological polar surface area (TPSA) is 55.2 Å². The van der Waals surface area contributed by atoms with Crippen LogP contribution in [0, 0.1) is 0 Å². The van der Waals surface area contributed by atoms with Gasteiger partial charge in [-0.2, -0.15) is 5.10 Å². The van der Waals surface area contributed by atoms with Crippen molar-refractivity contribution >= 4 is 5.91 Å². The maximum atomic E-state index is 12.6. The van der Waals surface area contributed by atoms with Crippen molar-refractivity contribution in [3.63, 3.8) is 0 Å². The fourth-order valence-corrected chi connectivity index (χ4v) is 3.30. The summed E-state index contributed by atoms with van der Waals surface area (Å²) in [6, 6.07) is 3.84. The highest BCUT2D eigenvalue weighted by molar-refractivity contribution is 5.76. The molecule has 1 saturated carbocycles. The zero-order chi connectivity index (χ0) is 15.0. The third-order valence-electron chi connectivity index (χ3n) is 4.65. The predicted octanol–water partition coefficient (Wildman–Crippen LogP) is 1.91. The van der Waals surface area contributed by atoms with Crippen LogP contribution >= 0.6 is 0 Å². The van der Waals surface area contributed by atoms with E-state index in [0.717, 1.165) is 31.4 Å². The predicted molar refractivity (Wildman–Crippen MR) is 80.1 cm³/mol. The summed E-state index contributed by atoms with van der Waals surface area (Å²) in [6.07, 6.45) is 5.53. The summed E-state index contributed by atoms with van der Waals surface area (Å²) in [5.74, 6) is 0.497. The third-order valence-corrected chi connectivity index (χ3v) is 4.65. The van der Waals surface area contributed by atoms with Gasteiger partial charge in [-0.3, -0.25) is 9.59 Å². The first-order valence-corrected chi connectivity index (χ1v) is 7.95. The minimum Gasteiger partial charge on any atom is -0.336 e. The monoisotopic (exact) mass is 289 g/mol. The SMILES string of the molecule is CC1CCCC(C)N1C(=O)Cn1nc(C2CC2)ccc1=O. The highest BCUT2D eigenvalue weighted by atomic mass is 16.2. The Balaban J connectivity index is 1.77. The molecule has 3 rings (SSSR count). The summed E-state index contributed by atoms with van der Waals surface area (Å²) in [7, 11) is 0. The summed E-state index contributed by atoms with van der Waals surface area (Å²) in [5.41, 5.74) is 0.757. The van der Waals surface area contributed by atoms with E-state index in [1.807, 2.05) is 4.90 Å². The lowest BCUT2D eigenvalue weighted by Crippen LogP contribution is -2.49. The molecule has 2 atom stereocenters. The molecule has 0 N–H and O–H groups in total. The molecule has 5 heteroatoms. The van der Waals surface area contributed by atoms with Gasteiger partial charge in [0.15, 0.2) is 0 Å². The van der Waals surface area contributed by atoms with Crippen molar-refractivity contribution in [2.75, 3.05) is 0 Å². The van der Waals surface area contributed by atoms with Crippen LogP contribution < -0.4 is 5.56 Å². The Morgan fingerprint density at radius 2 is 1.86 bits per heavy atom. The van der Waals surface area contributed by atoms with Gasteiger partial charge in [0.05, 0.1) is 5.69 Å². The van der Waals surface area contributed by atoms with Gasteiger partial charge in [0.1, 0.15) is 6.54 Å². The lowest BCUT2D eigenvalue weighted by atomic mass is 9.97. The van der Waals surface area contributed by atoms with Crippen LogP contribution in [0.5, 0.6) is 0 Å². The average molecular weight is 289 g/mol. The quantitative estimate of drug-likeness (QED) is 0.854. The number of amides is 1. The van der Waals surface area contributed by atoms with Gasteiger partial charge >= 0.3 is 0 Å². The molecule has 2 unspecified atom stereocenters. The molecule has 21 heavy (non-hydrogen) atoms. The molecule has 2 fully saturated rings. The zero-order valence-corrected chi connectivity index (χ0v) is 12.8. The number of carbonyl (C=O) groups excluding carboxylic acids is 1. The van der Waals surface area contributed by atoms with E-state index >= 15 is 0 Å². The second kappa shape index (κ2) is 5.62. The standard InChI is InChI=1S/C16H23N3O2/c1-11-4-3-5-12(2)19(11)16(21)10-18-15(20)9-8-14(17-18)13-6-7-13/h8-9,11-13H,3-7,10H2,1-2H3. The van der Waals surface area contributed by atoms with Gasteiger partial charge in [0.2, 0.25) is 5.91 Å². The molecule has 0 bridgehead atoms. The molecule has 0 radical (unpaired) electrons. The van der Waals surface area contributed by atoms with Gasteiger partial charge in [0, 0.05) is 24.1 Å². The van der Waals surface area contributed by atoms with E-state index in [1.54, 1.807) is 6.07 Å². The van der Waals surface area contributed by atoms with Crippen molar-refractivity contribution in [3.05, 3.63) is 28.2 Å². The molecular formula is C16H23N3O2. The van der Waals surface area contributed by atoms with E-state index in [0.29, 0.717) is 5.92 Å². The van der Waals surface area contributed by atoms with Crippen molar-refractivity contribution in [2.24, 2.45) is 0 Å². The lowest BCUT2D eigenvalue weighted by Gasteiger charge is -2.39. The molecule has 1 amide bonds. The van der Waals surface area contributed by atoms with Crippen LogP contribution in [0.15, 0.2) is 16.9 Å². The van der Waals surface area contributed by atoms with Crippen molar-refractivity contribution in [1.29, 1.82) is 0 Å². The molecule has 1 saturated heterocycles. The number of likely N-dealkylation sites (tertiary alicyclic amines) is 1. The first-order chi connectivity index (χ1) is 10.1. The van der Waals surface area contributed by atoms with Gasteiger partial charge < -0.3 is 4.90 Å². The Kier molecular flexibility index (Phi) is 3.83.